The minimum absolute atomic E-state index is 0.121. The summed E-state index contributed by atoms with van der Waals surface area (Å²) in [7, 11) is 1.26. The molecule has 0 radical (unpaired) electrons. The van der Waals surface area contributed by atoms with Gasteiger partial charge >= 0.3 is 6.18 Å². The van der Waals surface area contributed by atoms with Crippen LogP contribution in [0.4, 0.5) is 13.2 Å². The van der Waals surface area contributed by atoms with Gasteiger partial charge in [-0.05, 0) is 30.5 Å². The Bertz CT molecular complexity index is 450. The topological polar surface area (TPSA) is 35.2 Å². The van der Waals surface area contributed by atoms with E-state index in [9.17, 15) is 13.2 Å². The van der Waals surface area contributed by atoms with Gasteiger partial charge in [0.05, 0.1) is 12.7 Å². The van der Waals surface area contributed by atoms with Crippen molar-refractivity contribution in [3.05, 3.63) is 29.3 Å². The second-order valence-corrected chi connectivity index (χ2v) is 5.10. The average molecular weight is 273 g/mol. The Morgan fingerprint density at radius 1 is 1.26 bits per heavy atom. The molecule has 0 unspecified atom stereocenters. The summed E-state index contributed by atoms with van der Waals surface area (Å²) in [6, 6.07) is 4.15. The largest absolute Gasteiger partial charge is 0.496 e. The smallest absolute Gasteiger partial charge is 0.419 e. The summed E-state index contributed by atoms with van der Waals surface area (Å²) in [6.45, 7) is 0.460. The molecule has 1 aromatic carbocycles. The Labute approximate surface area is 110 Å². The van der Waals surface area contributed by atoms with Crippen LogP contribution in [0.1, 0.15) is 36.8 Å². The number of nitrogens with two attached hydrogens (primary N) is 1. The Balaban J connectivity index is 2.44. The predicted octanol–water partition coefficient (Wildman–Crippen LogP) is 3.48. The fourth-order valence-electron chi connectivity index (χ4n) is 2.92. The SMILES string of the molecule is COc1cc(C2(CN)CCCC2)ccc1C(F)(F)F. The van der Waals surface area contributed by atoms with Crippen molar-refractivity contribution >= 4 is 0 Å². The van der Waals surface area contributed by atoms with Crippen LogP contribution in [0.5, 0.6) is 5.75 Å². The molecule has 1 saturated carbocycles. The van der Waals surface area contributed by atoms with E-state index < -0.39 is 11.7 Å². The third-order valence-corrected chi connectivity index (χ3v) is 4.07. The maximum atomic E-state index is 12.8. The standard InChI is InChI=1S/C14H18F3NO/c1-19-12-8-10(4-5-11(12)14(15,16)17)13(9-18)6-2-3-7-13/h4-5,8H,2-3,6-7,9,18H2,1H3. The van der Waals surface area contributed by atoms with Crippen molar-refractivity contribution in [2.24, 2.45) is 5.73 Å². The van der Waals surface area contributed by atoms with E-state index in [0.29, 0.717) is 6.54 Å². The van der Waals surface area contributed by atoms with Crippen LogP contribution in [-0.4, -0.2) is 13.7 Å². The number of methoxy groups -OCH3 is 1. The number of hydrogen-bond acceptors (Lipinski definition) is 2. The molecule has 1 aromatic rings. The minimum Gasteiger partial charge on any atom is -0.496 e. The summed E-state index contributed by atoms with van der Waals surface area (Å²) < 4.78 is 43.4. The zero-order valence-corrected chi connectivity index (χ0v) is 10.9. The Kier molecular flexibility index (Phi) is 3.76. The number of benzene rings is 1. The van der Waals surface area contributed by atoms with E-state index in [4.69, 9.17) is 10.5 Å². The summed E-state index contributed by atoms with van der Waals surface area (Å²) in [4.78, 5) is 0. The summed E-state index contributed by atoms with van der Waals surface area (Å²) in [5.41, 5.74) is 5.80. The van der Waals surface area contributed by atoms with Gasteiger partial charge in [0.2, 0.25) is 0 Å². The molecule has 2 N–H and O–H groups in total. The monoisotopic (exact) mass is 273 g/mol. The Morgan fingerprint density at radius 3 is 2.37 bits per heavy atom. The second-order valence-electron chi connectivity index (χ2n) is 5.10. The van der Waals surface area contributed by atoms with Crippen molar-refractivity contribution in [2.75, 3.05) is 13.7 Å². The van der Waals surface area contributed by atoms with Crippen LogP contribution in [0.15, 0.2) is 18.2 Å². The van der Waals surface area contributed by atoms with Crippen LogP contribution in [0.2, 0.25) is 0 Å². The number of ether oxygens (including phenoxy) is 1. The molecule has 0 amide bonds. The molecule has 2 nitrogen and oxygen atoms in total. The zero-order chi connectivity index (χ0) is 14.1. The first kappa shape index (κ1) is 14.2. The molecule has 1 aliphatic carbocycles. The molecule has 0 heterocycles. The van der Waals surface area contributed by atoms with E-state index >= 15 is 0 Å². The molecule has 5 heteroatoms. The number of alkyl halides is 3. The lowest BCUT2D eigenvalue weighted by atomic mass is 9.78. The van der Waals surface area contributed by atoms with Crippen LogP contribution in [0, 0.1) is 0 Å². The lowest BCUT2D eigenvalue weighted by Gasteiger charge is -2.28. The van der Waals surface area contributed by atoms with Crippen LogP contribution in [0.3, 0.4) is 0 Å². The number of hydrogen-bond donors (Lipinski definition) is 1. The fraction of sp³-hybridized carbons (Fsp3) is 0.571. The van der Waals surface area contributed by atoms with Gasteiger partial charge in [0.25, 0.3) is 0 Å². The van der Waals surface area contributed by atoms with Crippen molar-refractivity contribution < 1.29 is 17.9 Å². The van der Waals surface area contributed by atoms with Crippen molar-refractivity contribution in [1.82, 2.24) is 0 Å². The molecule has 19 heavy (non-hydrogen) atoms. The minimum atomic E-state index is -4.39. The second kappa shape index (κ2) is 5.04. The van der Waals surface area contributed by atoms with Crippen LogP contribution >= 0.6 is 0 Å². The van der Waals surface area contributed by atoms with Crippen LogP contribution in [-0.2, 0) is 11.6 Å². The van der Waals surface area contributed by atoms with Gasteiger partial charge in [-0.15, -0.1) is 0 Å². The highest BCUT2D eigenvalue weighted by Crippen LogP contribution is 2.44. The molecule has 0 saturated heterocycles. The normalized spacial score (nSPS) is 18.6. The third-order valence-electron chi connectivity index (χ3n) is 4.07. The molecule has 2 rings (SSSR count). The zero-order valence-electron chi connectivity index (χ0n) is 10.9. The molecule has 0 atom stereocenters. The van der Waals surface area contributed by atoms with Crippen molar-refractivity contribution in [3.8, 4) is 5.75 Å². The van der Waals surface area contributed by atoms with Gasteiger partial charge in [0.15, 0.2) is 0 Å². The highest BCUT2D eigenvalue weighted by molar-refractivity contribution is 5.42. The van der Waals surface area contributed by atoms with Crippen molar-refractivity contribution in [1.29, 1.82) is 0 Å². The van der Waals surface area contributed by atoms with Gasteiger partial charge in [-0.2, -0.15) is 13.2 Å². The molecule has 106 valence electrons. The van der Waals surface area contributed by atoms with Gasteiger partial charge in [0.1, 0.15) is 5.75 Å². The van der Waals surface area contributed by atoms with Gasteiger partial charge in [-0.3, -0.25) is 0 Å². The first-order valence-corrected chi connectivity index (χ1v) is 6.39. The quantitative estimate of drug-likeness (QED) is 0.915. The van der Waals surface area contributed by atoms with Crippen molar-refractivity contribution in [2.45, 2.75) is 37.3 Å². The van der Waals surface area contributed by atoms with Gasteiger partial charge in [0, 0.05) is 12.0 Å². The van der Waals surface area contributed by atoms with Crippen LogP contribution < -0.4 is 10.5 Å². The first-order valence-electron chi connectivity index (χ1n) is 6.39. The Hall–Kier alpha value is -1.23. The molecule has 0 aromatic heterocycles. The number of rotatable bonds is 3. The molecule has 1 aliphatic rings. The van der Waals surface area contributed by atoms with E-state index in [1.165, 1.54) is 13.2 Å². The Morgan fingerprint density at radius 2 is 1.89 bits per heavy atom. The lowest BCUT2D eigenvalue weighted by molar-refractivity contribution is -0.138. The van der Waals surface area contributed by atoms with Crippen molar-refractivity contribution in [3.63, 3.8) is 0 Å². The summed E-state index contributed by atoms with van der Waals surface area (Å²) >= 11 is 0. The van der Waals surface area contributed by atoms with Gasteiger partial charge < -0.3 is 10.5 Å². The highest BCUT2D eigenvalue weighted by Gasteiger charge is 2.38. The summed E-state index contributed by atoms with van der Waals surface area (Å²) in [5.74, 6) is -0.121. The summed E-state index contributed by atoms with van der Waals surface area (Å²) in [6.07, 6.45) is -0.396. The molecular formula is C14H18F3NO. The van der Waals surface area contributed by atoms with E-state index in [2.05, 4.69) is 0 Å². The van der Waals surface area contributed by atoms with E-state index in [1.807, 2.05) is 0 Å². The highest BCUT2D eigenvalue weighted by atomic mass is 19.4. The van der Waals surface area contributed by atoms with E-state index in [-0.39, 0.29) is 11.2 Å². The van der Waals surface area contributed by atoms with E-state index in [0.717, 1.165) is 37.3 Å². The van der Waals surface area contributed by atoms with Crippen LogP contribution in [0.25, 0.3) is 0 Å². The maximum absolute atomic E-state index is 12.8. The molecule has 0 bridgehead atoms. The van der Waals surface area contributed by atoms with Gasteiger partial charge in [-0.1, -0.05) is 18.9 Å². The number of halogens is 3. The maximum Gasteiger partial charge on any atom is 0.419 e. The average Bonchev–Trinajstić information content (AvgIpc) is 2.87. The third kappa shape index (κ3) is 2.56. The van der Waals surface area contributed by atoms with E-state index in [1.54, 1.807) is 6.07 Å². The fourth-order valence-corrected chi connectivity index (χ4v) is 2.92. The van der Waals surface area contributed by atoms with Gasteiger partial charge in [-0.25, -0.2) is 0 Å². The molecule has 0 aliphatic heterocycles. The molecule has 0 spiro atoms. The first-order chi connectivity index (χ1) is 8.93. The predicted molar refractivity (Wildman–Crippen MR) is 67.2 cm³/mol. The molecular weight excluding hydrogens is 255 g/mol. The lowest BCUT2D eigenvalue weighted by Crippen LogP contribution is -2.32. The summed E-state index contributed by atoms with van der Waals surface area (Å²) in [5, 5.41) is 0. The molecule has 1 fully saturated rings.